The SMILES string of the molecule is CC(=O)Nc1c(OC(C)=O)sc(Cl)c1Cl. The van der Waals surface area contributed by atoms with Gasteiger partial charge in [-0.2, -0.15) is 0 Å². The molecule has 15 heavy (non-hydrogen) atoms. The number of hydrogen-bond acceptors (Lipinski definition) is 4. The smallest absolute Gasteiger partial charge is 0.308 e. The molecule has 7 heteroatoms. The number of halogens is 2. The van der Waals surface area contributed by atoms with Crippen LogP contribution in [-0.4, -0.2) is 11.9 Å². The first-order chi connectivity index (χ1) is 6.91. The number of esters is 1. The van der Waals surface area contributed by atoms with Crippen LogP contribution in [0.25, 0.3) is 0 Å². The zero-order valence-corrected chi connectivity index (χ0v) is 10.2. The van der Waals surface area contributed by atoms with Crippen molar-refractivity contribution in [3.8, 4) is 5.06 Å². The molecule has 1 amide bonds. The minimum Gasteiger partial charge on any atom is -0.413 e. The number of hydrogen-bond donors (Lipinski definition) is 1. The van der Waals surface area contributed by atoms with Crippen molar-refractivity contribution in [2.75, 3.05) is 5.32 Å². The van der Waals surface area contributed by atoms with E-state index in [0.717, 1.165) is 11.3 Å². The Labute approximate surface area is 100 Å². The van der Waals surface area contributed by atoms with Crippen molar-refractivity contribution in [2.45, 2.75) is 13.8 Å². The second kappa shape index (κ2) is 4.83. The molecule has 0 saturated carbocycles. The molecular weight excluding hydrogens is 261 g/mol. The molecule has 0 fully saturated rings. The van der Waals surface area contributed by atoms with Crippen LogP contribution in [0.5, 0.6) is 5.06 Å². The number of rotatable bonds is 2. The van der Waals surface area contributed by atoms with Crippen molar-refractivity contribution in [2.24, 2.45) is 0 Å². The number of nitrogens with one attached hydrogen (secondary N) is 1. The molecule has 1 aromatic heterocycles. The number of carbonyl (C=O) groups excluding carboxylic acids is 2. The Balaban J connectivity index is 3.08. The number of thiophene rings is 1. The molecule has 0 saturated heterocycles. The summed E-state index contributed by atoms with van der Waals surface area (Å²) < 4.78 is 5.10. The fourth-order valence-electron chi connectivity index (χ4n) is 0.849. The summed E-state index contributed by atoms with van der Waals surface area (Å²) in [4.78, 5) is 21.6. The van der Waals surface area contributed by atoms with Gasteiger partial charge in [-0.3, -0.25) is 9.59 Å². The molecule has 4 nitrogen and oxygen atoms in total. The largest absolute Gasteiger partial charge is 0.413 e. The fourth-order valence-corrected chi connectivity index (χ4v) is 2.23. The standard InChI is InChI=1S/C8H7Cl2NO3S/c1-3(12)11-6-5(9)7(10)15-8(6)14-4(2)13/h1-2H3,(H,11,12). The quantitative estimate of drug-likeness (QED) is 0.839. The molecular formula is C8H7Cl2NO3S. The maximum atomic E-state index is 10.9. The van der Waals surface area contributed by atoms with Gasteiger partial charge < -0.3 is 10.1 Å². The maximum absolute atomic E-state index is 10.9. The lowest BCUT2D eigenvalue weighted by Crippen LogP contribution is -2.08. The average molecular weight is 268 g/mol. The lowest BCUT2D eigenvalue weighted by atomic mass is 10.5. The van der Waals surface area contributed by atoms with Crippen LogP contribution in [0.4, 0.5) is 5.69 Å². The molecule has 1 N–H and O–H groups in total. The first kappa shape index (κ1) is 12.3. The summed E-state index contributed by atoms with van der Waals surface area (Å²) in [7, 11) is 0. The van der Waals surface area contributed by atoms with E-state index in [9.17, 15) is 9.59 Å². The number of anilines is 1. The average Bonchev–Trinajstić information content (AvgIpc) is 2.31. The first-order valence-electron chi connectivity index (χ1n) is 3.85. The van der Waals surface area contributed by atoms with E-state index in [0.29, 0.717) is 0 Å². The van der Waals surface area contributed by atoms with Gasteiger partial charge in [-0.15, -0.1) is 0 Å². The van der Waals surface area contributed by atoms with Crippen LogP contribution in [0.3, 0.4) is 0 Å². The lowest BCUT2D eigenvalue weighted by Gasteiger charge is -2.03. The molecule has 82 valence electrons. The fraction of sp³-hybridized carbons (Fsp3) is 0.250. The summed E-state index contributed by atoms with van der Waals surface area (Å²) in [5.41, 5.74) is 0.231. The highest BCUT2D eigenvalue weighted by molar-refractivity contribution is 7.19. The summed E-state index contributed by atoms with van der Waals surface area (Å²) in [6.07, 6.45) is 0. The second-order valence-corrected chi connectivity index (χ2v) is 4.59. The van der Waals surface area contributed by atoms with Crippen LogP contribution in [0.1, 0.15) is 13.8 Å². The molecule has 0 atom stereocenters. The predicted molar refractivity (Wildman–Crippen MR) is 60.0 cm³/mol. The minimum atomic E-state index is -0.504. The Morgan fingerprint density at radius 1 is 1.33 bits per heavy atom. The van der Waals surface area contributed by atoms with Crippen molar-refractivity contribution < 1.29 is 14.3 Å². The van der Waals surface area contributed by atoms with Gasteiger partial charge >= 0.3 is 5.97 Å². The van der Waals surface area contributed by atoms with Crippen molar-refractivity contribution in [1.29, 1.82) is 0 Å². The van der Waals surface area contributed by atoms with E-state index in [1.165, 1.54) is 13.8 Å². The number of amides is 1. The van der Waals surface area contributed by atoms with E-state index < -0.39 is 5.97 Å². The summed E-state index contributed by atoms with van der Waals surface area (Å²) >= 11 is 12.5. The highest BCUT2D eigenvalue weighted by Crippen LogP contribution is 2.46. The van der Waals surface area contributed by atoms with Crippen LogP contribution < -0.4 is 10.1 Å². The Morgan fingerprint density at radius 2 is 1.93 bits per heavy atom. The van der Waals surface area contributed by atoms with Gasteiger partial charge in [0.2, 0.25) is 11.0 Å². The molecule has 0 aliphatic rings. The van der Waals surface area contributed by atoms with Crippen LogP contribution in [0.15, 0.2) is 0 Å². The summed E-state index contributed by atoms with van der Waals surface area (Å²) in [5.74, 6) is -0.823. The summed E-state index contributed by atoms with van der Waals surface area (Å²) in [5, 5.41) is 2.81. The molecule has 0 aliphatic heterocycles. The van der Waals surface area contributed by atoms with Crippen LogP contribution in [-0.2, 0) is 9.59 Å². The predicted octanol–water partition coefficient (Wildman–Crippen LogP) is 2.94. The minimum absolute atomic E-state index is 0.174. The zero-order chi connectivity index (χ0) is 11.6. The van der Waals surface area contributed by atoms with Gasteiger partial charge in [-0.1, -0.05) is 34.5 Å². The van der Waals surface area contributed by atoms with Crippen LogP contribution >= 0.6 is 34.5 Å². The molecule has 1 aromatic rings. The molecule has 0 aliphatic carbocycles. The molecule has 0 unspecified atom stereocenters. The van der Waals surface area contributed by atoms with Crippen LogP contribution in [0, 0.1) is 0 Å². The summed E-state index contributed by atoms with van der Waals surface area (Å²) in [6, 6.07) is 0. The third-order valence-electron chi connectivity index (χ3n) is 1.32. The third kappa shape index (κ3) is 3.09. The first-order valence-corrected chi connectivity index (χ1v) is 5.43. The molecule has 1 heterocycles. The van der Waals surface area contributed by atoms with Gasteiger partial charge in [0.15, 0.2) is 0 Å². The van der Waals surface area contributed by atoms with Gasteiger partial charge in [0.05, 0.1) is 5.02 Å². The number of carbonyl (C=O) groups is 2. The van der Waals surface area contributed by atoms with E-state index in [-0.39, 0.29) is 26.0 Å². The number of ether oxygens (including phenoxy) is 1. The molecule has 0 aromatic carbocycles. The van der Waals surface area contributed by atoms with Gasteiger partial charge in [0.1, 0.15) is 10.0 Å². The monoisotopic (exact) mass is 267 g/mol. The highest BCUT2D eigenvalue weighted by Gasteiger charge is 2.19. The maximum Gasteiger partial charge on any atom is 0.308 e. The van der Waals surface area contributed by atoms with Gasteiger partial charge in [0, 0.05) is 13.8 Å². The Kier molecular flexibility index (Phi) is 3.96. The second-order valence-electron chi connectivity index (χ2n) is 2.63. The Hall–Kier alpha value is -0.780. The van der Waals surface area contributed by atoms with E-state index >= 15 is 0 Å². The Bertz CT molecular complexity index is 416. The van der Waals surface area contributed by atoms with Crippen LogP contribution in [0.2, 0.25) is 9.36 Å². The van der Waals surface area contributed by atoms with E-state index in [1.807, 2.05) is 0 Å². The van der Waals surface area contributed by atoms with E-state index in [4.69, 9.17) is 27.9 Å². The highest BCUT2D eigenvalue weighted by atomic mass is 35.5. The molecule has 0 radical (unpaired) electrons. The van der Waals surface area contributed by atoms with Gasteiger partial charge in [-0.25, -0.2) is 0 Å². The van der Waals surface area contributed by atoms with Crippen molar-refractivity contribution in [3.63, 3.8) is 0 Å². The normalized spacial score (nSPS) is 9.87. The van der Waals surface area contributed by atoms with Gasteiger partial charge in [0.25, 0.3) is 0 Å². The van der Waals surface area contributed by atoms with E-state index in [2.05, 4.69) is 5.32 Å². The zero-order valence-electron chi connectivity index (χ0n) is 7.89. The van der Waals surface area contributed by atoms with Crippen molar-refractivity contribution in [1.82, 2.24) is 0 Å². The summed E-state index contributed by atoms with van der Waals surface area (Å²) in [6.45, 7) is 2.57. The van der Waals surface area contributed by atoms with Gasteiger partial charge in [-0.05, 0) is 0 Å². The molecule has 1 rings (SSSR count). The molecule has 0 spiro atoms. The Morgan fingerprint density at radius 3 is 2.40 bits per heavy atom. The third-order valence-corrected chi connectivity index (χ3v) is 3.18. The van der Waals surface area contributed by atoms with E-state index in [1.54, 1.807) is 0 Å². The van der Waals surface area contributed by atoms with Crippen molar-refractivity contribution >= 4 is 52.1 Å². The van der Waals surface area contributed by atoms with Crippen molar-refractivity contribution in [3.05, 3.63) is 9.36 Å². The molecule has 0 bridgehead atoms. The topological polar surface area (TPSA) is 55.4 Å². The lowest BCUT2D eigenvalue weighted by molar-refractivity contribution is -0.131.